The zero-order valence-electron chi connectivity index (χ0n) is 17.8. The van der Waals surface area contributed by atoms with Gasteiger partial charge in [0.05, 0.1) is 11.3 Å². The van der Waals surface area contributed by atoms with Crippen LogP contribution in [0.1, 0.15) is 39.0 Å². The molecular weight excluding hydrogens is 432 g/mol. The van der Waals surface area contributed by atoms with Crippen LogP contribution < -0.4 is 5.32 Å². The second-order valence-electron chi connectivity index (χ2n) is 7.81. The molecule has 164 valence electrons. The molecule has 1 amide bonds. The first-order valence-corrected chi connectivity index (χ1v) is 12.1. The van der Waals surface area contributed by atoms with E-state index in [0.717, 1.165) is 40.6 Å². The van der Waals surface area contributed by atoms with E-state index in [0.29, 0.717) is 23.4 Å². The average Bonchev–Trinajstić information content (AvgIpc) is 3.36. The first-order valence-electron chi connectivity index (χ1n) is 10.7. The van der Waals surface area contributed by atoms with Gasteiger partial charge in [0.1, 0.15) is 5.69 Å². The Bertz CT molecular complexity index is 1040. The predicted octanol–water partition coefficient (Wildman–Crippen LogP) is 4.56. The number of halogens is 1. The van der Waals surface area contributed by atoms with Gasteiger partial charge in [-0.3, -0.25) is 9.48 Å². The minimum atomic E-state index is 0.0623. The Morgan fingerprint density at radius 2 is 1.94 bits per heavy atom. The van der Waals surface area contributed by atoms with Crippen LogP contribution in [-0.2, 0) is 18.4 Å². The maximum Gasteiger partial charge on any atom is 0.230 e. The number of benzene rings is 1. The topological polar surface area (TPSA) is 77.6 Å². The van der Waals surface area contributed by atoms with Gasteiger partial charge in [0.2, 0.25) is 5.91 Å². The van der Waals surface area contributed by atoms with Crippen LogP contribution in [0.4, 0.5) is 0 Å². The van der Waals surface area contributed by atoms with E-state index in [9.17, 15) is 4.79 Å². The first kappa shape index (κ1) is 21.9. The highest BCUT2D eigenvalue weighted by atomic mass is 35.5. The van der Waals surface area contributed by atoms with Crippen molar-refractivity contribution < 1.29 is 4.79 Å². The second-order valence-corrected chi connectivity index (χ2v) is 9.19. The molecule has 2 heterocycles. The van der Waals surface area contributed by atoms with Gasteiger partial charge in [-0.15, -0.1) is 10.2 Å². The Kier molecular flexibility index (Phi) is 6.97. The molecule has 1 N–H and O–H groups in total. The van der Waals surface area contributed by atoms with Gasteiger partial charge in [-0.25, -0.2) is 0 Å². The number of hydrogen-bond donors (Lipinski definition) is 1. The molecule has 31 heavy (non-hydrogen) atoms. The van der Waals surface area contributed by atoms with E-state index in [1.807, 2.05) is 42.1 Å². The smallest absolute Gasteiger partial charge is 0.230 e. The van der Waals surface area contributed by atoms with Gasteiger partial charge >= 0.3 is 0 Å². The fraction of sp³-hybridized carbons (Fsp3) is 0.455. The maximum atomic E-state index is 12.4. The summed E-state index contributed by atoms with van der Waals surface area (Å²) < 4.78 is 3.81. The van der Waals surface area contributed by atoms with Crippen molar-refractivity contribution in [3.63, 3.8) is 0 Å². The molecule has 3 aromatic rings. The lowest BCUT2D eigenvalue weighted by molar-refractivity contribution is -0.119. The normalized spacial score (nSPS) is 14.7. The van der Waals surface area contributed by atoms with Crippen LogP contribution >= 0.6 is 23.4 Å². The van der Waals surface area contributed by atoms with Crippen LogP contribution in [0.5, 0.6) is 0 Å². The van der Waals surface area contributed by atoms with Crippen LogP contribution in [0.15, 0.2) is 35.6 Å². The zero-order valence-corrected chi connectivity index (χ0v) is 19.4. The summed E-state index contributed by atoms with van der Waals surface area (Å²) in [4.78, 5) is 12.4. The predicted molar refractivity (Wildman–Crippen MR) is 124 cm³/mol. The molecule has 0 saturated heterocycles. The van der Waals surface area contributed by atoms with Gasteiger partial charge in [-0.1, -0.05) is 54.8 Å². The summed E-state index contributed by atoms with van der Waals surface area (Å²) in [6.45, 7) is 2.75. The first-order chi connectivity index (χ1) is 15.0. The van der Waals surface area contributed by atoms with E-state index < -0.39 is 0 Å². The fourth-order valence-electron chi connectivity index (χ4n) is 4.00. The Balaban J connectivity index is 1.52. The third kappa shape index (κ3) is 5.13. The van der Waals surface area contributed by atoms with Crippen molar-refractivity contribution in [2.45, 2.75) is 56.8 Å². The minimum Gasteiger partial charge on any atom is -0.353 e. The van der Waals surface area contributed by atoms with E-state index in [2.05, 4.69) is 27.5 Å². The van der Waals surface area contributed by atoms with Crippen LogP contribution in [0, 0.1) is 0 Å². The molecule has 0 aliphatic heterocycles. The van der Waals surface area contributed by atoms with Crippen molar-refractivity contribution >= 4 is 29.3 Å². The third-order valence-electron chi connectivity index (χ3n) is 5.52. The summed E-state index contributed by atoms with van der Waals surface area (Å²) in [5.41, 5.74) is 2.69. The number of nitrogens with one attached hydrogen (secondary N) is 1. The monoisotopic (exact) mass is 458 g/mol. The van der Waals surface area contributed by atoms with E-state index in [1.165, 1.54) is 31.0 Å². The standard InChI is InChI=1S/C22H27ClN6OS/c1-3-29-21(18-13-28(2)27-20(18)15-9-11-16(23)12-10-15)25-26-22(29)31-14-19(30)24-17-7-5-4-6-8-17/h9-13,17H,3-8,14H2,1-2H3,(H,24,30). The Labute approximate surface area is 191 Å². The lowest BCUT2D eigenvalue weighted by Crippen LogP contribution is -2.37. The molecule has 2 aromatic heterocycles. The quantitative estimate of drug-likeness (QED) is 0.525. The number of aryl methyl sites for hydroxylation is 1. The highest BCUT2D eigenvalue weighted by Gasteiger charge is 2.21. The zero-order chi connectivity index (χ0) is 21.8. The molecule has 7 nitrogen and oxygen atoms in total. The fourth-order valence-corrected chi connectivity index (χ4v) is 4.94. The molecule has 0 atom stereocenters. The van der Waals surface area contributed by atoms with Gasteiger partial charge in [-0.05, 0) is 31.9 Å². The van der Waals surface area contributed by atoms with Gasteiger partial charge < -0.3 is 9.88 Å². The van der Waals surface area contributed by atoms with Gasteiger partial charge in [0.15, 0.2) is 11.0 Å². The largest absolute Gasteiger partial charge is 0.353 e. The summed E-state index contributed by atoms with van der Waals surface area (Å²) in [6, 6.07) is 7.93. The lowest BCUT2D eigenvalue weighted by atomic mass is 9.95. The molecule has 1 fully saturated rings. The maximum absolute atomic E-state index is 12.4. The number of rotatable bonds is 7. The number of carbonyl (C=O) groups excluding carboxylic acids is 1. The van der Waals surface area contributed by atoms with Gasteiger partial charge in [0, 0.05) is 36.4 Å². The summed E-state index contributed by atoms with van der Waals surface area (Å²) in [6.07, 6.45) is 7.79. The van der Waals surface area contributed by atoms with Gasteiger partial charge in [0.25, 0.3) is 0 Å². The minimum absolute atomic E-state index is 0.0623. The van der Waals surface area contributed by atoms with Crippen molar-refractivity contribution in [2.75, 3.05) is 5.75 Å². The third-order valence-corrected chi connectivity index (χ3v) is 6.74. The van der Waals surface area contributed by atoms with Crippen molar-refractivity contribution in [2.24, 2.45) is 7.05 Å². The molecule has 1 aliphatic carbocycles. The molecule has 9 heteroatoms. The van der Waals surface area contributed by atoms with E-state index in [1.54, 1.807) is 4.68 Å². The van der Waals surface area contributed by atoms with E-state index in [-0.39, 0.29) is 5.91 Å². The van der Waals surface area contributed by atoms with Gasteiger partial charge in [-0.2, -0.15) is 5.10 Å². The highest BCUT2D eigenvalue weighted by Crippen LogP contribution is 2.32. The van der Waals surface area contributed by atoms with E-state index in [4.69, 9.17) is 11.6 Å². The molecule has 1 saturated carbocycles. The summed E-state index contributed by atoms with van der Waals surface area (Å²) in [7, 11) is 1.89. The molecule has 4 rings (SSSR count). The summed E-state index contributed by atoms with van der Waals surface area (Å²) in [5, 5.41) is 18.0. The number of thioether (sulfide) groups is 1. The van der Waals surface area contributed by atoms with E-state index >= 15 is 0 Å². The average molecular weight is 459 g/mol. The molecule has 0 spiro atoms. The number of aromatic nitrogens is 5. The van der Waals surface area contributed by atoms with Crippen LogP contribution in [0.3, 0.4) is 0 Å². The number of hydrogen-bond acceptors (Lipinski definition) is 5. The molecule has 1 aliphatic rings. The second kappa shape index (κ2) is 9.87. The number of amides is 1. The Hall–Kier alpha value is -2.32. The van der Waals surface area contributed by atoms with Crippen LogP contribution in [0.25, 0.3) is 22.6 Å². The van der Waals surface area contributed by atoms with Crippen molar-refractivity contribution in [1.82, 2.24) is 29.9 Å². The van der Waals surface area contributed by atoms with Crippen LogP contribution in [0.2, 0.25) is 5.02 Å². The van der Waals surface area contributed by atoms with Crippen molar-refractivity contribution in [1.29, 1.82) is 0 Å². The molecule has 1 aromatic carbocycles. The molecule has 0 radical (unpaired) electrons. The summed E-state index contributed by atoms with van der Waals surface area (Å²) >= 11 is 7.47. The Morgan fingerprint density at radius 3 is 2.65 bits per heavy atom. The molecular formula is C22H27ClN6OS. The molecule has 0 unspecified atom stereocenters. The lowest BCUT2D eigenvalue weighted by Gasteiger charge is -2.22. The van der Waals surface area contributed by atoms with Crippen LogP contribution in [-0.4, -0.2) is 42.2 Å². The van der Waals surface area contributed by atoms with Crippen molar-refractivity contribution in [3.8, 4) is 22.6 Å². The number of carbonyl (C=O) groups is 1. The van der Waals surface area contributed by atoms with Crippen molar-refractivity contribution in [3.05, 3.63) is 35.5 Å². The Morgan fingerprint density at radius 1 is 1.19 bits per heavy atom. The number of nitrogens with zero attached hydrogens (tertiary/aromatic N) is 5. The summed E-state index contributed by atoms with van der Waals surface area (Å²) in [5.74, 6) is 1.15. The molecule has 0 bridgehead atoms. The SMILES string of the molecule is CCn1c(SCC(=O)NC2CCCCC2)nnc1-c1cn(C)nc1-c1ccc(Cl)cc1. The highest BCUT2D eigenvalue weighted by molar-refractivity contribution is 7.99.